The highest BCUT2D eigenvalue weighted by Gasteiger charge is 2.27. The number of benzene rings is 3. The molecule has 0 atom stereocenters. The minimum Gasteiger partial charge on any atom is -0.497 e. The van der Waals surface area contributed by atoms with Crippen LogP contribution in [-0.4, -0.2) is 41.1 Å². The highest BCUT2D eigenvalue weighted by Crippen LogP contribution is 2.25. The third-order valence-corrected chi connectivity index (χ3v) is 7.32. The molecule has 0 saturated carbocycles. The average Bonchev–Trinajstić information content (AvgIpc) is 2.88. The van der Waals surface area contributed by atoms with E-state index in [4.69, 9.17) is 4.74 Å². The highest BCUT2D eigenvalue weighted by molar-refractivity contribution is 7.92. The molecule has 0 aliphatic rings. The fraction of sp³-hybridized carbons (Fsp3) is 0.269. The Balaban J connectivity index is 1.76. The van der Waals surface area contributed by atoms with Gasteiger partial charge in [0.05, 0.1) is 17.7 Å². The van der Waals surface area contributed by atoms with E-state index >= 15 is 0 Å². The summed E-state index contributed by atoms with van der Waals surface area (Å²) >= 11 is 0. The van der Waals surface area contributed by atoms with E-state index in [9.17, 15) is 13.2 Å². The number of ether oxygens (including phenoxy) is 1. The maximum absolute atomic E-state index is 13.4. The zero-order valence-electron chi connectivity index (χ0n) is 19.8. The summed E-state index contributed by atoms with van der Waals surface area (Å²) in [6, 6.07) is 22.6. The molecule has 0 fully saturated rings. The van der Waals surface area contributed by atoms with Gasteiger partial charge in [0.2, 0.25) is 5.91 Å². The van der Waals surface area contributed by atoms with Crippen molar-refractivity contribution < 1.29 is 17.9 Å². The third-order valence-electron chi connectivity index (χ3n) is 5.53. The van der Waals surface area contributed by atoms with Crippen molar-refractivity contribution in [2.45, 2.75) is 25.3 Å². The van der Waals surface area contributed by atoms with Gasteiger partial charge in [0.15, 0.2) is 0 Å². The molecule has 7 nitrogen and oxygen atoms in total. The van der Waals surface area contributed by atoms with Gasteiger partial charge in [-0.05, 0) is 67.9 Å². The number of hydrogen-bond acceptors (Lipinski definition) is 5. The second kappa shape index (κ2) is 11.6. The lowest BCUT2D eigenvalue weighted by Gasteiger charge is -2.24. The van der Waals surface area contributed by atoms with Gasteiger partial charge < -0.3 is 15.0 Å². The third kappa shape index (κ3) is 6.08. The molecule has 3 aromatic rings. The van der Waals surface area contributed by atoms with Gasteiger partial charge in [-0.15, -0.1) is 0 Å². The number of nitrogens with zero attached hydrogens (tertiary/aromatic N) is 2. The van der Waals surface area contributed by atoms with Crippen molar-refractivity contribution in [2.24, 2.45) is 0 Å². The lowest BCUT2D eigenvalue weighted by molar-refractivity contribution is -0.119. The van der Waals surface area contributed by atoms with Crippen LogP contribution in [-0.2, 0) is 21.4 Å². The summed E-state index contributed by atoms with van der Waals surface area (Å²) in [4.78, 5) is 15.2. The maximum atomic E-state index is 13.4. The SMILES string of the molecule is CCN(CC)c1ccc(CNC(=O)CN(c2ccc(OC)cc2)S(=O)(=O)c2ccccc2)cc1. The Kier molecular flexibility index (Phi) is 8.54. The Morgan fingerprint density at radius 2 is 1.44 bits per heavy atom. The van der Waals surface area contributed by atoms with Gasteiger partial charge in [-0.2, -0.15) is 0 Å². The zero-order valence-corrected chi connectivity index (χ0v) is 20.6. The van der Waals surface area contributed by atoms with Gasteiger partial charge in [-0.25, -0.2) is 8.42 Å². The Morgan fingerprint density at radius 1 is 0.853 bits per heavy atom. The molecule has 0 unspecified atom stereocenters. The lowest BCUT2D eigenvalue weighted by atomic mass is 10.2. The zero-order chi connectivity index (χ0) is 24.6. The number of amides is 1. The minimum absolute atomic E-state index is 0.116. The molecule has 3 rings (SSSR count). The monoisotopic (exact) mass is 481 g/mol. The van der Waals surface area contributed by atoms with Gasteiger partial charge in [0, 0.05) is 25.3 Å². The van der Waals surface area contributed by atoms with E-state index in [1.165, 1.54) is 19.2 Å². The largest absolute Gasteiger partial charge is 0.497 e. The Bertz CT molecular complexity index is 1160. The molecule has 0 spiro atoms. The molecule has 1 amide bonds. The van der Waals surface area contributed by atoms with E-state index in [2.05, 4.69) is 24.1 Å². The molecule has 0 heterocycles. The summed E-state index contributed by atoms with van der Waals surface area (Å²) in [6.45, 7) is 6.01. The Labute approximate surface area is 202 Å². The van der Waals surface area contributed by atoms with Crippen LogP contribution in [0.1, 0.15) is 19.4 Å². The van der Waals surface area contributed by atoms with Gasteiger partial charge in [0.1, 0.15) is 12.3 Å². The van der Waals surface area contributed by atoms with Gasteiger partial charge >= 0.3 is 0 Å². The summed E-state index contributed by atoms with van der Waals surface area (Å²) in [6.07, 6.45) is 0. The fourth-order valence-corrected chi connectivity index (χ4v) is 5.03. The minimum atomic E-state index is -3.95. The molecular weight excluding hydrogens is 450 g/mol. The van der Waals surface area contributed by atoms with Crippen molar-refractivity contribution in [1.82, 2.24) is 5.32 Å². The summed E-state index contributed by atoms with van der Waals surface area (Å²) in [7, 11) is -2.41. The molecule has 0 aromatic heterocycles. The molecule has 0 aliphatic carbocycles. The number of nitrogens with one attached hydrogen (secondary N) is 1. The molecule has 0 aliphatic heterocycles. The molecule has 0 bridgehead atoms. The number of anilines is 2. The average molecular weight is 482 g/mol. The van der Waals surface area contributed by atoms with Gasteiger partial charge in [0.25, 0.3) is 10.0 Å². The topological polar surface area (TPSA) is 79.0 Å². The van der Waals surface area contributed by atoms with Crippen LogP contribution in [0.15, 0.2) is 83.8 Å². The van der Waals surface area contributed by atoms with E-state index in [1.807, 2.05) is 24.3 Å². The van der Waals surface area contributed by atoms with Crippen LogP contribution in [0.5, 0.6) is 5.75 Å². The standard InChI is InChI=1S/C26H31N3O4S/c1-4-28(5-2)22-13-11-21(12-14-22)19-27-26(30)20-29(23-15-17-24(33-3)18-16-23)34(31,32)25-9-7-6-8-10-25/h6-18H,4-5,19-20H2,1-3H3,(H,27,30). The predicted molar refractivity (Wildman–Crippen MR) is 136 cm³/mol. The van der Waals surface area contributed by atoms with E-state index in [1.54, 1.807) is 42.5 Å². The molecule has 0 radical (unpaired) electrons. The normalized spacial score (nSPS) is 11.0. The van der Waals surface area contributed by atoms with Crippen LogP contribution < -0.4 is 19.3 Å². The van der Waals surface area contributed by atoms with Crippen LogP contribution in [0.3, 0.4) is 0 Å². The Morgan fingerprint density at radius 3 is 2.00 bits per heavy atom. The molecule has 8 heteroatoms. The number of hydrogen-bond donors (Lipinski definition) is 1. The Hall–Kier alpha value is -3.52. The second-order valence-corrected chi connectivity index (χ2v) is 9.50. The van der Waals surface area contributed by atoms with Crippen molar-refractivity contribution in [2.75, 3.05) is 35.9 Å². The van der Waals surface area contributed by atoms with Crippen molar-refractivity contribution in [3.05, 3.63) is 84.4 Å². The second-order valence-electron chi connectivity index (χ2n) is 7.64. The lowest BCUT2D eigenvalue weighted by Crippen LogP contribution is -2.40. The summed E-state index contributed by atoms with van der Waals surface area (Å²) < 4.78 is 33.0. The first-order chi connectivity index (χ1) is 16.4. The van der Waals surface area contributed by atoms with Crippen molar-refractivity contribution in [3.8, 4) is 5.75 Å². The first-order valence-electron chi connectivity index (χ1n) is 11.2. The van der Waals surface area contributed by atoms with E-state index in [0.717, 1.165) is 28.6 Å². The van der Waals surface area contributed by atoms with Crippen LogP contribution >= 0.6 is 0 Å². The quantitative estimate of drug-likeness (QED) is 0.447. The summed E-state index contributed by atoms with van der Waals surface area (Å²) in [5, 5.41) is 2.84. The van der Waals surface area contributed by atoms with Crippen molar-refractivity contribution >= 4 is 27.3 Å². The summed E-state index contributed by atoms with van der Waals surface area (Å²) in [5.74, 6) is 0.196. The van der Waals surface area contributed by atoms with Crippen molar-refractivity contribution in [1.29, 1.82) is 0 Å². The van der Waals surface area contributed by atoms with Crippen LogP contribution in [0.25, 0.3) is 0 Å². The predicted octanol–water partition coefficient (Wildman–Crippen LogP) is 4.05. The van der Waals surface area contributed by atoms with Crippen LogP contribution in [0, 0.1) is 0 Å². The van der Waals surface area contributed by atoms with Gasteiger partial charge in [-0.1, -0.05) is 30.3 Å². The first kappa shape index (κ1) is 25.1. The number of carbonyl (C=O) groups is 1. The molecular formula is C26H31N3O4S. The fourth-order valence-electron chi connectivity index (χ4n) is 3.58. The number of rotatable bonds is 11. The summed E-state index contributed by atoms with van der Waals surface area (Å²) in [5.41, 5.74) is 2.44. The molecule has 0 saturated heterocycles. The van der Waals surface area contributed by atoms with E-state index < -0.39 is 15.9 Å². The molecule has 3 aromatic carbocycles. The van der Waals surface area contributed by atoms with E-state index in [0.29, 0.717) is 18.0 Å². The molecule has 34 heavy (non-hydrogen) atoms. The number of carbonyl (C=O) groups excluding carboxylic acids is 1. The molecule has 1 N–H and O–H groups in total. The molecule has 180 valence electrons. The number of sulfonamides is 1. The smallest absolute Gasteiger partial charge is 0.264 e. The van der Waals surface area contributed by atoms with Crippen LogP contribution in [0.4, 0.5) is 11.4 Å². The maximum Gasteiger partial charge on any atom is 0.264 e. The van der Waals surface area contributed by atoms with Crippen LogP contribution in [0.2, 0.25) is 0 Å². The van der Waals surface area contributed by atoms with Crippen molar-refractivity contribution in [3.63, 3.8) is 0 Å². The number of methoxy groups -OCH3 is 1. The van der Waals surface area contributed by atoms with Gasteiger partial charge in [-0.3, -0.25) is 9.10 Å². The highest BCUT2D eigenvalue weighted by atomic mass is 32.2. The first-order valence-corrected chi connectivity index (χ1v) is 12.7. The van der Waals surface area contributed by atoms with E-state index in [-0.39, 0.29) is 11.4 Å².